The summed E-state index contributed by atoms with van der Waals surface area (Å²) in [5, 5.41) is 0. The highest BCUT2D eigenvalue weighted by Gasteiger charge is 2.22. The summed E-state index contributed by atoms with van der Waals surface area (Å²) < 4.78 is 0. The zero-order valence-electron chi connectivity index (χ0n) is 12.2. The van der Waals surface area contributed by atoms with Gasteiger partial charge in [-0.1, -0.05) is 12.1 Å². The van der Waals surface area contributed by atoms with Crippen molar-refractivity contribution in [2.75, 3.05) is 32.9 Å². The molecule has 0 saturated carbocycles. The van der Waals surface area contributed by atoms with E-state index in [0.29, 0.717) is 11.7 Å². The molecular weight excluding hydrogens is 250 g/mol. The summed E-state index contributed by atoms with van der Waals surface area (Å²) in [7, 11) is 4.01. The lowest BCUT2D eigenvalue weighted by atomic mass is 10.0. The Labute approximate surface area is 120 Å². The summed E-state index contributed by atoms with van der Waals surface area (Å²) >= 11 is 0. The molecule has 0 bridgehead atoms. The molecule has 2 rings (SSSR count). The number of likely N-dealkylation sites (N-methyl/N-ethyl adjacent to an activating group) is 1. The van der Waals surface area contributed by atoms with Crippen LogP contribution in [0.1, 0.15) is 18.4 Å². The molecule has 0 spiro atoms. The Morgan fingerprint density at radius 1 is 1.40 bits per heavy atom. The van der Waals surface area contributed by atoms with Gasteiger partial charge in [0.05, 0.1) is 0 Å². The highest BCUT2D eigenvalue weighted by Crippen LogP contribution is 2.15. The Kier molecular flexibility index (Phi) is 4.79. The second-order valence-electron chi connectivity index (χ2n) is 5.49. The fourth-order valence-corrected chi connectivity index (χ4v) is 2.51. The third-order valence-electron chi connectivity index (χ3n) is 3.91. The molecule has 1 aliphatic rings. The summed E-state index contributed by atoms with van der Waals surface area (Å²) in [6.07, 6.45) is 5.55. The maximum absolute atomic E-state index is 12.2. The molecule has 4 nitrogen and oxygen atoms in total. The van der Waals surface area contributed by atoms with Crippen molar-refractivity contribution in [2.24, 2.45) is 0 Å². The van der Waals surface area contributed by atoms with Crippen LogP contribution in [0.3, 0.4) is 0 Å². The van der Waals surface area contributed by atoms with Crippen molar-refractivity contribution in [3.05, 3.63) is 35.9 Å². The number of carbonyl (C=O) groups is 1. The first kappa shape index (κ1) is 14.6. The van der Waals surface area contributed by atoms with Gasteiger partial charge in [0.1, 0.15) is 0 Å². The van der Waals surface area contributed by atoms with Crippen LogP contribution in [0, 0.1) is 0 Å². The van der Waals surface area contributed by atoms with E-state index in [1.807, 2.05) is 42.3 Å². The first-order chi connectivity index (χ1) is 9.56. The standard InChI is InChI=1S/C16H23N3O/c1-18-10-8-15(9-11-18)19(2)16(20)7-6-13-4-3-5-14(17)12-13/h3-7,12,15H,8-11,17H2,1-2H3/b7-6+. The molecule has 2 N–H and O–H groups in total. The number of amides is 1. The van der Waals surface area contributed by atoms with E-state index in [-0.39, 0.29) is 5.91 Å². The summed E-state index contributed by atoms with van der Waals surface area (Å²) in [4.78, 5) is 16.3. The molecule has 20 heavy (non-hydrogen) atoms. The number of likely N-dealkylation sites (tertiary alicyclic amines) is 1. The molecule has 0 unspecified atom stereocenters. The zero-order chi connectivity index (χ0) is 14.5. The predicted molar refractivity (Wildman–Crippen MR) is 83.2 cm³/mol. The maximum Gasteiger partial charge on any atom is 0.246 e. The predicted octanol–water partition coefficient (Wildman–Crippen LogP) is 1.83. The van der Waals surface area contributed by atoms with Gasteiger partial charge in [-0.05, 0) is 56.8 Å². The molecule has 1 saturated heterocycles. The zero-order valence-corrected chi connectivity index (χ0v) is 12.2. The van der Waals surface area contributed by atoms with Crippen LogP contribution in [-0.2, 0) is 4.79 Å². The average molecular weight is 273 g/mol. The lowest BCUT2D eigenvalue weighted by molar-refractivity contribution is -0.127. The average Bonchev–Trinajstić information content (AvgIpc) is 2.45. The van der Waals surface area contributed by atoms with Crippen LogP contribution in [0.15, 0.2) is 30.3 Å². The number of hydrogen-bond acceptors (Lipinski definition) is 3. The lowest BCUT2D eigenvalue weighted by Crippen LogP contribution is -2.43. The minimum absolute atomic E-state index is 0.0574. The third kappa shape index (κ3) is 3.84. The number of nitrogens with zero attached hydrogens (tertiary/aromatic N) is 2. The van der Waals surface area contributed by atoms with E-state index >= 15 is 0 Å². The van der Waals surface area contributed by atoms with Gasteiger partial charge in [0, 0.05) is 24.9 Å². The lowest BCUT2D eigenvalue weighted by Gasteiger charge is -2.34. The molecule has 108 valence electrons. The minimum Gasteiger partial charge on any atom is -0.399 e. The van der Waals surface area contributed by atoms with Crippen molar-refractivity contribution in [1.82, 2.24) is 9.80 Å². The minimum atomic E-state index is 0.0574. The number of rotatable bonds is 3. The second-order valence-corrected chi connectivity index (χ2v) is 5.49. The molecule has 1 heterocycles. The first-order valence-electron chi connectivity index (χ1n) is 7.05. The van der Waals surface area contributed by atoms with Crippen molar-refractivity contribution in [3.8, 4) is 0 Å². The molecular formula is C16H23N3O. The molecule has 1 aliphatic heterocycles. The van der Waals surface area contributed by atoms with Crippen molar-refractivity contribution in [2.45, 2.75) is 18.9 Å². The van der Waals surface area contributed by atoms with Crippen LogP contribution in [0.5, 0.6) is 0 Å². The van der Waals surface area contributed by atoms with Gasteiger partial charge in [0.15, 0.2) is 0 Å². The molecule has 0 aliphatic carbocycles. The van der Waals surface area contributed by atoms with Crippen LogP contribution in [-0.4, -0.2) is 48.9 Å². The van der Waals surface area contributed by atoms with Crippen LogP contribution in [0.4, 0.5) is 5.69 Å². The van der Waals surface area contributed by atoms with E-state index in [0.717, 1.165) is 31.5 Å². The Bertz CT molecular complexity index is 490. The number of benzene rings is 1. The highest BCUT2D eigenvalue weighted by atomic mass is 16.2. The Balaban J connectivity index is 1.94. The summed E-state index contributed by atoms with van der Waals surface area (Å²) in [6.45, 7) is 2.11. The van der Waals surface area contributed by atoms with Crippen molar-refractivity contribution < 1.29 is 4.79 Å². The quantitative estimate of drug-likeness (QED) is 0.675. The largest absolute Gasteiger partial charge is 0.399 e. The molecule has 1 aromatic rings. The monoisotopic (exact) mass is 273 g/mol. The number of nitrogens with two attached hydrogens (primary N) is 1. The maximum atomic E-state index is 12.2. The van der Waals surface area contributed by atoms with Crippen molar-refractivity contribution in [3.63, 3.8) is 0 Å². The summed E-state index contributed by atoms with van der Waals surface area (Å²) in [5.74, 6) is 0.0574. The van der Waals surface area contributed by atoms with Gasteiger partial charge in [0.25, 0.3) is 0 Å². The van der Waals surface area contributed by atoms with Gasteiger partial charge in [-0.15, -0.1) is 0 Å². The van der Waals surface area contributed by atoms with E-state index < -0.39 is 0 Å². The number of hydrogen-bond donors (Lipinski definition) is 1. The van der Waals surface area contributed by atoms with Gasteiger partial charge < -0.3 is 15.5 Å². The molecule has 1 fully saturated rings. The SMILES string of the molecule is CN1CCC(N(C)C(=O)/C=C/c2cccc(N)c2)CC1. The number of carbonyl (C=O) groups excluding carboxylic acids is 1. The molecule has 1 amide bonds. The normalized spacial score (nSPS) is 17.5. The smallest absolute Gasteiger partial charge is 0.246 e. The van der Waals surface area contributed by atoms with Gasteiger partial charge >= 0.3 is 0 Å². The fraction of sp³-hybridized carbons (Fsp3) is 0.438. The molecule has 0 atom stereocenters. The van der Waals surface area contributed by atoms with E-state index in [1.165, 1.54) is 0 Å². The van der Waals surface area contributed by atoms with Crippen molar-refractivity contribution >= 4 is 17.7 Å². The molecule has 1 aromatic carbocycles. The number of nitrogen functional groups attached to an aromatic ring is 1. The van der Waals surface area contributed by atoms with E-state index in [2.05, 4.69) is 11.9 Å². The van der Waals surface area contributed by atoms with Gasteiger partial charge in [-0.2, -0.15) is 0 Å². The second kappa shape index (κ2) is 6.57. The summed E-state index contributed by atoms with van der Waals surface area (Å²) in [6, 6.07) is 7.88. The van der Waals surface area contributed by atoms with E-state index in [1.54, 1.807) is 6.08 Å². The van der Waals surface area contributed by atoms with E-state index in [4.69, 9.17) is 5.73 Å². The van der Waals surface area contributed by atoms with Crippen LogP contribution in [0.25, 0.3) is 6.08 Å². The molecule has 0 radical (unpaired) electrons. The van der Waals surface area contributed by atoms with E-state index in [9.17, 15) is 4.79 Å². The van der Waals surface area contributed by atoms with Gasteiger partial charge in [-0.3, -0.25) is 4.79 Å². The Morgan fingerprint density at radius 2 is 2.10 bits per heavy atom. The third-order valence-corrected chi connectivity index (χ3v) is 3.91. The Morgan fingerprint density at radius 3 is 2.75 bits per heavy atom. The number of piperidine rings is 1. The van der Waals surface area contributed by atoms with Gasteiger partial charge in [-0.25, -0.2) is 0 Å². The van der Waals surface area contributed by atoms with Crippen molar-refractivity contribution in [1.29, 1.82) is 0 Å². The van der Waals surface area contributed by atoms with Crippen LogP contribution >= 0.6 is 0 Å². The first-order valence-corrected chi connectivity index (χ1v) is 7.05. The fourth-order valence-electron chi connectivity index (χ4n) is 2.51. The molecule has 4 heteroatoms. The van der Waals surface area contributed by atoms with Crippen LogP contribution in [0.2, 0.25) is 0 Å². The highest BCUT2D eigenvalue weighted by molar-refractivity contribution is 5.91. The molecule has 0 aromatic heterocycles. The van der Waals surface area contributed by atoms with Gasteiger partial charge in [0.2, 0.25) is 5.91 Å². The van der Waals surface area contributed by atoms with Crippen LogP contribution < -0.4 is 5.73 Å². The number of anilines is 1. The Hall–Kier alpha value is -1.81. The topological polar surface area (TPSA) is 49.6 Å². The summed E-state index contributed by atoms with van der Waals surface area (Å²) in [5.41, 5.74) is 7.39.